The van der Waals surface area contributed by atoms with Gasteiger partial charge in [-0.1, -0.05) is 129 Å². The van der Waals surface area contributed by atoms with Crippen molar-refractivity contribution in [3.05, 3.63) is 198 Å². The number of hydrogen-bond donors (Lipinski definition) is 5. The first-order valence-corrected chi connectivity index (χ1v) is 39.2. The van der Waals surface area contributed by atoms with Gasteiger partial charge in [-0.3, -0.25) is 28.8 Å². The molecule has 116 heavy (non-hydrogen) atoms. The molecule has 2 amide bonds. The summed E-state index contributed by atoms with van der Waals surface area (Å²) in [4.78, 5) is 131. The summed E-state index contributed by atoms with van der Waals surface area (Å²) in [7, 11) is 2.78. The number of Topliss-reactive ketones (excluding diaryl/α,β-unsaturated/α-hetero) is 4. The fourth-order valence-electron chi connectivity index (χ4n) is 13.1. The topological polar surface area (TPSA) is 379 Å². The number of carbonyl (C=O) groups is 8. The summed E-state index contributed by atoms with van der Waals surface area (Å²) < 4.78 is 74.7. The normalized spacial score (nSPS) is 14.2. The predicted molar refractivity (Wildman–Crippen MR) is 437 cm³/mol. The number of rotatable bonds is 29. The number of nitrogens with zero attached hydrogens (tertiary/aromatic N) is 8. The highest BCUT2D eigenvalue weighted by atomic mass is 79.9. The average Bonchev–Trinajstić information content (AvgIpc) is 0.784. The molecule has 0 saturated carbocycles. The van der Waals surface area contributed by atoms with Crippen molar-refractivity contribution in [2.24, 2.45) is 29.0 Å². The van der Waals surface area contributed by atoms with Crippen LogP contribution in [0.4, 0.5) is 17.6 Å². The second kappa shape index (κ2) is 44.5. The number of amides is 2. The highest BCUT2D eigenvalue weighted by molar-refractivity contribution is 9.10. The van der Waals surface area contributed by atoms with Gasteiger partial charge in [0, 0.05) is 120 Å². The van der Waals surface area contributed by atoms with Crippen molar-refractivity contribution in [1.29, 1.82) is 5.26 Å². The van der Waals surface area contributed by atoms with Gasteiger partial charge in [0.25, 0.3) is 11.8 Å². The number of ether oxygens (including phenoxy) is 3. The molecule has 9 rings (SSSR count). The van der Waals surface area contributed by atoms with Crippen LogP contribution in [0, 0.1) is 64.7 Å². The van der Waals surface area contributed by atoms with Crippen molar-refractivity contribution >= 4 is 74.4 Å². The van der Waals surface area contributed by atoms with E-state index in [2.05, 4.69) is 55.9 Å². The smallest absolute Gasteiger partial charge is 0.341 e. The zero-order valence-electron chi connectivity index (χ0n) is 67.2. The van der Waals surface area contributed by atoms with Crippen molar-refractivity contribution in [2.45, 2.75) is 170 Å². The first-order valence-electron chi connectivity index (χ1n) is 38.0. The number of likely N-dealkylation sites (N-methyl/N-ethyl adjacent to an activating group) is 1. The van der Waals surface area contributed by atoms with E-state index in [-0.39, 0.29) is 129 Å². The molecule has 8 aromatic rings. The number of carboxylic acids is 1. The first-order chi connectivity index (χ1) is 55.0. The van der Waals surface area contributed by atoms with E-state index in [1.807, 2.05) is 37.3 Å². The van der Waals surface area contributed by atoms with E-state index in [0.717, 1.165) is 16.5 Å². The third kappa shape index (κ3) is 25.7. The Labute approximate surface area is 686 Å². The lowest BCUT2D eigenvalue weighted by Gasteiger charge is -2.32. The van der Waals surface area contributed by atoms with Crippen LogP contribution in [0.25, 0.3) is 33.9 Å². The quantitative estimate of drug-likeness (QED) is 0.0126. The molecule has 4 heterocycles. The zero-order chi connectivity index (χ0) is 85.9. The molecule has 3 aromatic heterocycles. The van der Waals surface area contributed by atoms with Gasteiger partial charge >= 0.3 is 11.9 Å². The number of nitrogens with two attached hydrogens (primary N) is 3. The van der Waals surface area contributed by atoms with Crippen LogP contribution in [0.3, 0.4) is 0 Å². The summed E-state index contributed by atoms with van der Waals surface area (Å²) in [5.74, 6) is -10.1. The van der Waals surface area contributed by atoms with E-state index in [4.69, 9.17) is 43.4 Å². The predicted octanol–water partition coefficient (Wildman–Crippen LogP) is 15.6. The minimum atomic E-state index is -2.98. The highest BCUT2D eigenvalue weighted by Crippen LogP contribution is 2.42. The van der Waals surface area contributed by atoms with Gasteiger partial charge in [0.1, 0.15) is 41.9 Å². The molecule has 0 aliphatic carbocycles. The lowest BCUT2D eigenvalue weighted by atomic mass is 9.88. The molecule has 30 heteroatoms. The van der Waals surface area contributed by atoms with Gasteiger partial charge in [-0.15, -0.1) is 0 Å². The number of carboxylic acid groups (broad SMARTS) is 1. The number of fused-ring (bicyclic) bond motifs is 5. The van der Waals surface area contributed by atoms with Crippen molar-refractivity contribution in [3.8, 4) is 51.5 Å². The average molecular weight is 1690 g/mol. The molecule has 24 nitrogen and oxygen atoms in total. The molecule has 4 atom stereocenters. The van der Waals surface area contributed by atoms with Crippen LogP contribution in [0.2, 0.25) is 5.28 Å². The Bertz CT molecular complexity index is 4770. The summed E-state index contributed by atoms with van der Waals surface area (Å²) in [5, 5.41) is 21.3. The third-order valence-corrected chi connectivity index (χ3v) is 19.6. The maximum absolute atomic E-state index is 14.8. The van der Waals surface area contributed by atoms with Crippen molar-refractivity contribution in [2.75, 3.05) is 47.0 Å². The fourth-order valence-corrected chi connectivity index (χ4v) is 13.6. The monoisotopic (exact) mass is 1680 g/mol. The molecule has 0 spiro atoms. The third-order valence-electron chi connectivity index (χ3n) is 18.9. The van der Waals surface area contributed by atoms with Crippen LogP contribution >= 0.6 is 27.5 Å². The van der Waals surface area contributed by atoms with Crippen LogP contribution < -0.4 is 32.0 Å². The number of methoxy groups -OCH3 is 1. The summed E-state index contributed by atoms with van der Waals surface area (Å²) in [6.45, 7) is 17.5. The molecule has 0 fully saturated rings. The molecule has 618 valence electrons. The van der Waals surface area contributed by atoms with Gasteiger partial charge in [-0.05, 0) is 126 Å². The Kier molecular flexibility index (Phi) is 36.1. The number of aromatic carboxylic acids is 1. The molecule has 5 aromatic carbocycles. The second-order valence-electron chi connectivity index (χ2n) is 27.8. The number of nitriles is 1. The van der Waals surface area contributed by atoms with Crippen LogP contribution in [0.5, 0.6) is 11.5 Å². The molecular formula is C86H100BrClF4N12O12. The van der Waals surface area contributed by atoms with Crippen molar-refractivity contribution in [3.63, 3.8) is 0 Å². The summed E-state index contributed by atoms with van der Waals surface area (Å²) in [6, 6.07) is 29.0. The Balaban J connectivity index is 0.000000346. The lowest BCUT2D eigenvalue weighted by molar-refractivity contribution is -0.142. The van der Waals surface area contributed by atoms with Crippen LogP contribution in [0.15, 0.2) is 114 Å². The minimum absolute atomic E-state index is 0.0293. The van der Waals surface area contributed by atoms with Gasteiger partial charge in [0.2, 0.25) is 17.1 Å². The lowest BCUT2D eigenvalue weighted by Crippen LogP contribution is -2.46. The van der Waals surface area contributed by atoms with E-state index < -0.39 is 71.1 Å². The number of ketones is 4. The number of aryl methyl sites for hydroxylation is 6. The molecule has 1 aliphatic rings. The number of halogens is 6. The number of benzene rings is 5. The Morgan fingerprint density at radius 2 is 1.13 bits per heavy atom. The number of carbonyl (C=O) groups excluding carboxylic acids is 7. The van der Waals surface area contributed by atoms with E-state index in [9.17, 15) is 61.2 Å². The van der Waals surface area contributed by atoms with Crippen LogP contribution in [-0.4, -0.2) is 140 Å². The van der Waals surface area contributed by atoms with Gasteiger partial charge in [-0.2, -0.15) is 5.26 Å². The van der Waals surface area contributed by atoms with E-state index >= 15 is 0 Å². The largest absolute Gasteiger partial charge is 0.492 e. The maximum Gasteiger partial charge on any atom is 0.341 e. The van der Waals surface area contributed by atoms with Crippen LogP contribution in [0.1, 0.15) is 202 Å². The maximum atomic E-state index is 14.8. The highest BCUT2D eigenvalue weighted by Gasteiger charge is 2.38. The Morgan fingerprint density at radius 1 is 0.647 bits per heavy atom. The zero-order valence-corrected chi connectivity index (χ0v) is 69.6. The summed E-state index contributed by atoms with van der Waals surface area (Å²) in [5.41, 5.74) is 24.5. The first kappa shape index (κ1) is 94.2. The Morgan fingerprint density at radius 3 is 1.59 bits per heavy atom. The van der Waals surface area contributed by atoms with Gasteiger partial charge in [-0.25, -0.2) is 57.1 Å². The standard InChI is InChI=1S/C51H62F2N8O7.C17H18F2N2O2.C10H11BrO.C8H9ClN2O2/c1-6-18-51(52,53)37-13-10-34(11-14-37)48-58-31(3)46(32(4)59-48)42(63)29-36(17-20-55)50(66)61(5)47-35-12-16-45(68-24-22-57)39(28-35)38-26-33(9-15-44(38)67-23-21-56)27-40(41(62)8-7-19-54)60-49(65)30(2)25-43(47)64;1-4-9-17(18,19)13-7-5-12(6-8-13)15-20-10(2)14(16(22)23)11(3)21-15;1-2-3-10(12)8-4-6-9(11)7-5-8;1-4-6(7(12)13-3)5(2)11-8(9)10-4/h9-16,26,28,30,36,40,47H,6-8,17-18,20-25,27,29,55-57H2,1-5H3,(H,60,65);5-8H,4,9H2,1-3H3,(H,22,23);4-7H,2-3H2,1H3;1-3H3/t30-,36-,40+,47+;;;/m1.../s1. The number of aromatic nitrogens is 6. The SMILES string of the molecule is CCCC(=O)c1ccc(Br)cc1.CCCC(F)(F)c1ccc(-c2nc(C)c(C(=O)C[C@@H](CCN)C(=O)N(C)[C@@H]3C(=O)C[C@@H](C)C(=O)N[C@H](C(=O)CCC#N)Cc4ccc(OCCN)c(c4)-c4cc3ccc4OCCN)c(C)n2)cc1.CCCC(F)(F)c1ccc(-c2nc(C)c(C(=O)O)c(C)n2)cc1.COC(=O)c1c(C)nc(Cl)nc1C. The Hall–Kier alpha value is -10.6. The molecular weight excluding hydrogens is 1580 g/mol. The molecule has 4 bridgehead atoms. The summed E-state index contributed by atoms with van der Waals surface area (Å²) in [6.07, 6.45) is 1.14. The van der Waals surface area contributed by atoms with E-state index in [1.54, 1.807) is 98.7 Å². The number of nitrogens with one attached hydrogen (secondary N) is 1. The number of esters is 1. The molecule has 8 N–H and O–H groups in total. The van der Waals surface area contributed by atoms with Gasteiger partial charge in [0.05, 0.1) is 58.9 Å². The number of hydrogen-bond acceptors (Lipinski definition) is 21. The van der Waals surface area contributed by atoms with E-state index in [1.165, 1.54) is 67.6 Å². The molecule has 0 radical (unpaired) electrons. The minimum Gasteiger partial charge on any atom is -0.492 e. The molecule has 0 saturated heterocycles. The molecule has 0 unspecified atom stereocenters. The fraction of sp³-hybridized carbons (Fsp3) is 0.407. The van der Waals surface area contributed by atoms with Gasteiger partial charge in [0.15, 0.2) is 34.8 Å². The van der Waals surface area contributed by atoms with Crippen LogP contribution in [-0.2, 0) is 42.2 Å². The van der Waals surface area contributed by atoms with Crippen molar-refractivity contribution in [1.82, 2.24) is 40.1 Å². The summed E-state index contributed by atoms with van der Waals surface area (Å²) >= 11 is 8.92. The van der Waals surface area contributed by atoms with Crippen molar-refractivity contribution < 1.29 is 75.2 Å². The second-order valence-corrected chi connectivity index (χ2v) is 29.1. The van der Waals surface area contributed by atoms with Gasteiger partial charge < -0.3 is 46.7 Å². The molecule has 1 aliphatic heterocycles. The number of alkyl halides is 4. The van der Waals surface area contributed by atoms with E-state index in [0.29, 0.717) is 110 Å².